The molecule has 22 nitrogen and oxygen atoms in total. The van der Waals surface area contributed by atoms with Crippen LogP contribution in [0.2, 0.25) is 0 Å². The number of aromatic nitrogens is 10. The number of sulfone groups is 2. The van der Waals surface area contributed by atoms with E-state index in [2.05, 4.69) is 40.3 Å². The molecule has 6 atom stereocenters. The number of benzene rings is 2. The summed E-state index contributed by atoms with van der Waals surface area (Å²) < 4.78 is 106. The molecule has 2 fully saturated rings. The van der Waals surface area contributed by atoms with E-state index in [0.717, 1.165) is 11.1 Å². The Morgan fingerprint density at radius 3 is 1.11 bits per heavy atom. The summed E-state index contributed by atoms with van der Waals surface area (Å²) in [6.07, 6.45) is 5.78. The second kappa shape index (κ2) is 25.3. The highest BCUT2D eigenvalue weighted by Crippen LogP contribution is 2.43. The molecular weight excluding hydrogens is 1070 g/mol. The SMILES string of the molecule is COc1cccc(OC)c1-n1c(CS(=O)(=O)[C@@H](C)[C@@H](OC(C)C)c2ncc(C)cn2)nnc1[C@@H]1COC(C)(C)C1.COc1cccc(OC)c1-n1c(CS(=O)(=O)[C@@H](C)[C@@H](OC(C)C)c2ncc(C)cn2)nnc1[C@H]1COC(C)(C)C1. The molecule has 0 bridgehead atoms. The van der Waals surface area contributed by atoms with Crippen LogP contribution in [0, 0.1) is 13.8 Å². The second-order valence-electron chi connectivity index (χ2n) is 22.1. The fraction of sp³-hybridized carbons (Fsp3) is 0.571. The van der Waals surface area contributed by atoms with Gasteiger partial charge in [-0.15, -0.1) is 20.4 Å². The maximum absolute atomic E-state index is 14.0. The molecule has 6 aromatic rings. The Morgan fingerprint density at radius 2 is 0.850 bits per heavy atom. The molecule has 8 rings (SSSR count). The molecule has 2 saturated heterocycles. The molecule has 2 aliphatic rings. The average molecular weight is 1150 g/mol. The van der Waals surface area contributed by atoms with Crippen molar-refractivity contribution < 1.29 is 54.7 Å². The number of hydrogen-bond acceptors (Lipinski definition) is 20. The number of para-hydroxylation sites is 2. The largest absolute Gasteiger partial charge is 0.494 e. The highest BCUT2D eigenvalue weighted by atomic mass is 32.2. The van der Waals surface area contributed by atoms with Gasteiger partial charge in [0.25, 0.3) is 0 Å². The molecule has 24 heteroatoms. The average Bonchev–Trinajstić information content (AvgIpc) is 4.21. The maximum Gasteiger partial charge on any atom is 0.163 e. The zero-order valence-electron chi connectivity index (χ0n) is 48.8. The predicted octanol–water partition coefficient (Wildman–Crippen LogP) is 8.27. The highest BCUT2D eigenvalue weighted by molar-refractivity contribution is 7.91. The van der Waals surface area contributed by atoms with Crippen molar-refractivity contribution >= 4 is 19.7 Å². The van der Waals surface area contributed by atoms with Crippen LogP contribution in [0.5, 0.6) is 23.0 Å². The summed E-state index contributed by atoms with van der Waals surface area (Å²) in [5.41, 5.74) is 2.12. The summed E-state index contributed by atoms with van der Waals surface area (Å²) in [7, 11) is -1.51. The van der Waals surface area contributed by atoms with Gasteiger partial charge < -0.3 is 37.9 Å². The van der Waals surface area contributed by atoms with Crippen LogP contribution in [0.3, 0.4) is 0 Å². The van der Waals surface area contributed by atoms with Crippen molar-refractivity contribution in [2.75, 3.05) is 41.7 Å². The molecule has 0 unspecified atom stereocenters. The van der Waals surface area contributed by atoms with Crippen LogP contribution in [-0.2, 0) is 50.1 Å². The summed E-state index contributed by atoms with van der Waals surface area (Å²) in [5.74, 6) is 3.26. The van der Waals surface area contributed by atoms with Crippen molar-refractivity contribution in [3.05, 3.63) is 107 Å². The summed E-state index contributed by atoms with van der Waals surface area (Å²) in [6, 6.07) is 10.8. The van der Waals surface area contributed by atoms with E-state index in [-0.39, 0.29) is 46.9 Å². The van der Waals surface area contributed by atoms with Gasteiger partial charge in [0.15, 0.2) is 43.0 Å². The minimum absolute atomic E-state index is 0.107. The van der Waals surface area contributed by atoms with Crippen LogP contribution in [0.15, 0.2) is 61.2 Å². The van der Waals surface area contributed by atoms with E-state index >= 15 is 0 Å². The van der Waals surface area contributed by atoms with Crippen LogP contribution >= 0.6 is 0 Å². The van der Waals surface area contributed by atoms with Crippen molar-refractivity contribution in [3.8, 4) is 34.4 Å². The normalized spacial score (nSPS) is 18.6. The molecule has 4 aromatic heterocycles. The lowest BCUT2D eigenvalue weighted by atomic mass is 9.97. The first-order chi connectivity index (χ1) is 37.7. The second-order valence-corrected chi connectivity index (χ2v) is 26.8. The van der Waals surface area contributed by atoms with E-state index in [9.17, 15) is 16.8 Å². The van der Waals surface area contributed by atoms with Crippen molar-refractivity contribution in [1.29, 1.82) is 0 Å². The van der Waals surface area contributed by atoms with E-state index < -0.39 is 53.9 Å². The molecule has 6 heterocycles. The number of methoxy groups -OCH3 is 4. The maximum atomic E-state index is 14.0. The molecule has 80 heavy (non-hydrogen) atoms. The van der Waals surface area contributed by atoms with E-state index in [1.54, 1.807) is 113 Å². The van der Waals surface area contributed by atoms with Gasteiger partial charge in [-0.3, -0.25) is 9.13 Å². The zero-order chi connectivity index (χ0) is 58.5. The quantitative estimate of drug-likeness (QED) is 0.0619. The predicted molar refractivity (Wildman–Crippen MR) is 299 cm³/mol. The standard InChI is InChI=1S/2C28H39N5O6S/c2*1-17(2)39-25(26-29-13-18(3)14-30-26)19(4)40(34,35)16-23-31-32-27(20-12-28(5,6)38-15-20)33(23)24-21(36-7)10-9-11-22(24)37-8/h2*9-11,13-14,17,19-20,25H,12,15-16H2,1-8H3/t19-,20+,25+;19-,20-,25+/m00/s1. The van der Waals surface area contributed by atoms with Gasteiger partial charge in [0.05, 0.1) is 75.6 Å². The van der Waals surface area contributed by atoms with E-state index in [0.29, 0.717) is 83.7 Å². The molecular formula is C56H78N10O12S2. The fourth-order valence-electron chi connectivity index (χ4n) is 9.82. The molecule has 0 aliphatic carbocycles. The Balaban J connectivity index is 0.000000231. The monoisotopic (exact) mass is 1150 g/mol. The number of nitrogens with zero attached hydrogens (tertiary/aromatic N) is 10. The first kappa shape index (κ1) is 61.4. The topological polar surface area (TPSA) is 255 Å². The molecule has 2 aromatic carbocycles. The fourth-order valence-corrected chi connectivity index (χ4v) is 12.6. The van der Waals surface area contributed by atoms with Crippen molar-refractivity contribution in [3.63, 3.8) is 0 Å². The smallest absolute Gasteiger partial charge is 0.163 e. The lowest BCUT2D eigenvalue weighted by Crippen LogP contribution is -2.32. The van der Waals surface area contributed by atoms with Gasteiger partial charge in [0, 0.05) is 36.6 Å². The van der Waals surface area contributed by atoms with Crippen LogP contribution in [0.25, 0.3) is 11.4 Å². The minimum Gasteiger partial charge on any atom is -0.494 e. The first-order valence-corrected chi connectivity index (χ1v) is 30.1. The van der Waals surface area contributed by atoms with Gasteiger partial charge in [-0.05, 0) is 131 Å². The van der Waals surface area contributed by atoms with Gasteiger partial charge in [-0.25, -0.2) is 36.8 Å². The van der Waals surface area contributed by atoms with Crippen molar-refractivity contribution in [1.82, 2.24) is 49.5 Å². The third-order valence-electron chi connectivity index (χ3n) is 13.9. The van der Waals surface area contributed by atoms with Crippen LogP contribution < -0.4 is 18.9 Å². The number of ether oxygens (including phenoxy) is 8. The van der Waals surface area contributed by atoms with Gasteiger partial charge in [0.2, 0.25) is 0 Å². The van der Waals surface area contributed by atoms with Gasteiger partial charge in [-0.1, -0.05) is 12.1 Å². The Morgan fingerprint density at radius 1 is 0.537 bits per heavy atom. The number of aryl methyl sites for hydroxylation is 2. The molecule has 0 N–H and O–H groups in total. The van der Waals surface area contributed by atoms with E-state index in [1.165, 1.54) is 0 Å². The zero-order valence-corrected chi connectivity index (χ0v) is 50.5. The summed E-state index contributed by atoms with van der Waals surface area (Å²) in [4.78, 5) is 17.5. The first-order valence-electron chi connectivity index (χ1n) is 26.6. The summed E-state index contributed by atoms with van der Waals surface area (Å²) >= 11 is 0. The van der Waals surface area contributed by atoms with Crippen molar-refractivity contribution in [2.24, 2.45) is 0 Å². The Labute approximate surface area is 470 Å². The van der Waals surface area contributed by atoms with Crippen LogP contribution in [0.4, 0.5) is 0 Å². The third-order valence-corrected chi connectivity index (χ3v) is 18.0. The Bertz CT molecular complexity index is 3020. The van der Waals surface area contributed by atoms with Gasteiger partial charge in [-0.2, -0.15) is 0 Å². The molecule has 436 valence electrons. The molecule has 0 saturated carbocycles. The number of rotatable bonds is 22. The Hall–Kier alpha value is -6.18. The lowest BCUT2D eigenvalue weighted by molar-refractivity contribution is 0.00120. The van der Waals surface area contributed by atoms with Crippen LogP contribution in [-0.4, -0.2) is 142 Å². The lowest BCUT2D eigenvalue weighted by Gasteiger charge is -2.25. The van der Waals surface area contributed by atoms with E-state index in [4.69, 9.17) is 37.9 Å². The number of hydrogen-bond donors (Lipinski definition) is 0. The minimum atomic E-state index is -3.86. The molecule has 2 aliphatic heterocycles. The van der Waals surface area contributed by atoms with Crippen LogP contribution in [0.1, 0.15) is 152 Å². The highest BCUT2D eigenvalue weighted by Gasteiger charge is 2.42. The van der Waals surface area contributed by atoms with Gasteiger partial charge in [0.1, 0.15) is 69.7 Å². The summed E-state index contributed by atoms with van der Waals surface area (Å²) in [6.45, 7) is 23.3. The third kappa shape index (κ3) is 14.1. The Kier molecular flexibility index (Phi) is 19.4. The molecule has 0 amide bonds. The van der Waals surface area contributed by atoms with Gasteiger partial charge >= 0.3 is 0 Å². The summed E-state index contributed by atoms with van der Waals surface area (Å²) in [5, 5.41) is 15.9. The molecule has 0 spiro atoms. The van der Waals surface area contributed by atoms with Crippen molar-refractivity contribution in [2.45, 2.75) is 165 Å². The van der Waals surface area contributed by atoms with E-state index in [1.807, 2.05) is 69.2 Å². The molecule has 0 radical (unpaired) electrons.